The molecule has 0 spiro atoms. The first-order valence-corrected chi connectivity index (χ1v) is 5.56. The summed E-state index contributed by atoms with van der Waals surface area (Å²) in [6, 6.07) is 3.01. The number of rotatable bonds is 5. The third-order valence-electron chi connectivity index (χ3n) is 2.68. The van der Waals surface area contributed by atoms with E-state index in [2.05, 4.69) is 35.0 Å². The highest BCUT2D eigenvalue weighted by atomic mass is 15.3. The number of aromatic nitrogens is 2. The SMILES string of the molecule is CCn1nc(C)cc1CCNC1CC1. The normalized spacial score (nSPS) is 16.1. The minimum absolute atomic E-state index is 0.814. The van der Waals surface area contributed by atoms with E-state index >= 15 is 0 Å². The van der Waals surface area contributed by atoms with Crippen LogP contribution in [0.15, 0.2) is 6.07 Å². The van der Waals surface area contributed by atoms with Gasteiger partial charge < -0.3 is 5.32 Å². The molecule has 0 radical (unpaired) electrons. The van der Waals surface area contributed by atoms with E-state index in [0.717, 1.165) is 31.2 Å². The van der Waals surface area contributed by atoms with Crippen LogP contribution in [0.5, 0.6) is 0 Å². The first-order chi connectivity index (χ1) is 6.79. The second-order valence-corrected chi connectivity index (χ2v) is 4.07. The zero-order valence-electron chi connectivity index (χ0n) is 9.08. The second-order valence-electron chi connectivity index (χ2n) is 4.07. The molecule has 0 amide bonds. The molecule has 3 heteroatoms. The molecule has 1 N–H and O–H groups in total. The van der Waals surface area contributed by atoms with Crippen LogP contribution in [0.2, 0.25) is 0 Å². The van der Waals surface area contributed by atoms with Crippen molar-refractivity contribution in [2.45, 2.75) is 45.7 Å². The number of hydrogen-bond acceptors (Lipinski definition) is 2. The maximum absolute atomic E-state index is 4.43. The number of hydrogen-bond donors (Lipinski definition) is 1. The Labute approximate surface area is 85.5 Å². The van der Waals surface area contributed by atoms with Crippen LogP contribution in [0.4, 0.5) is 0 Å². The van der Waals surface area contributed by atoms with Gasteiger partial charge in [0.05, 0.1) is 5.69 Å². The highest BCUT2D eigenvalue weighted by Crippen LogP contribution is 2.18. The van der Waals surface area contributed by atoms with Crippen LogP contribution in [0.25, 0.3) is 0 Å². The predicted octanol–water partition coefficient (Wildman–Crippen LogP) is 1.51. The third-order valence-corrected chi connectivity index (χ3v) is 2.68. The van der Waals surface area contributed by atoms with E-state index in [0.29, 0.717) is 0 Å². The van der Waals surface area contributed by atoms with Gasteiger partial charge in [-0.3, -0.25) is 4.68 Å². The zero-order valence-corrected chi connectivity index (χ0v) is 9.08. The fourth-order valence-corrected chi connectivity index (χ4v) is 1.77. The van der Waals surface area contributed by atoms with E-state index in [1.54, 1.807) is 0 Å². The molecule has 1 fully saturated rings. The summed E-state index contributed by atoms with van der Waals surface area (Å²) in [7, 11) is 0. The smallest absolute Gasteiger partial charge is 0.0596 e. The molecule has 3 nitrogen and oxygen atoms in total. The molecule has 2 rings (SSSR count). The van der Waals surface area contributed by atoms with Crippen molar-refractivity contribution < 1.29 is 0 Å². The Hall–Kier alpha value is -0.830. The van der Waals surface area contributed by atoms with Gasteiger partial charge in [0.25, 0.3) is 0 Å². The van der Waals surface area contributed by atoms with Crippen molar-refractivity contribution in [3.63, 3.8) is 0 Å². The zero-order chi connectivity index (χ0) is 9.97. The Kier molecular flexibility index (Phi) is 2.87. The highest BCUT2D eigenvalue weighted by molar-refractivity contribution is 5.09. The standard InChI is InChI=1S/C11H19N3/c1-3-14-11(8-9(2)13-14)6-7-12-10-4-5-10/h8,10,12H,3-7H2,1-2H3. The predicted molar refractivity (Wildman–Crippen MR) is 57.4 cm³/mol. The summed E-state index contributed by atoms with van der Waals surface area (Å²) in [5.41, 5.74) is 2.49. The molecule has 1 aromatic heterocycles. The van der Waals surface area contributed by atoms with Gasteiger partial charge in [0.1, 0.15) is 0 Å². The summed E-state index contributed by atoms with van der Waals surface area (Å²) in [5.74, 6) is 0. The molecule has 78 valence electrons. The fourth-order valence-electron chi connectivity index (χ4n) is 1.77. The van der Waals surface area contributed by atoms with Crippen molar-refractivity contribution in [3.05, 3.63) is 17.5 Å². The Balaban J connectivity index is 1.86. The van der Waals surface area contributed by atoms with Gasteiger partial charge in [0.15, 0.2) is 0 Å². The fraction of sp³-hybridized carbons (Fsp3) is 0.727. The van der Waals surface area contributed by atoms with Crippen LogP contribution < -0.4 is 5.32 Å². The topological polar surface area (TPSA) is 29.9 Å². The minimum Gasteiger partial charge on any atom is -0.314 e. The van der Waals surface area contributed by atoms with Crippen molar-refractivity contribution in [1.29, 1.82) is 0 Å². The van der Waals surface area contributed by atoms with Crippen molar-refractivity contribution >= 4 is 0 Å². The molecule has 1 heterocycles. The molecule has 0 aliphatic heterocycles. The third kappa shape index (κ3) is 2.35. The first-order valence-electron chi connectivity index (χ1n) is 5.56. The lowest BCUT2D eigenvalue weighted by Crippen LogP contribution is -2.20. The van der Waals surface area contributed by atoms with Crippen LogP contribution in [0.3, 0.4) is 0 Å². The Morgan fingerprint density at radius 3 is 3.00 bits per heavy atom. The molecule has 0 saturated heterocycles. The lowest BCUT2D eigenvalue weighted by molar-refractivity contribution is 0.594. The van der Waals surface area contributed by atoms with Gasteiger partial charge in [0, 0.05) is 31.2 Å². The summed E-state index contributed by atoms with van der Waals surface area (Å²) in [6.07, 6.45) is 3.84. The van der Waals surface area contributed by atoms with E-state index in [1.165, 1.54) is 18.5 Å². The molecule has 1 aromatic rings. The number of nitrogens with zero attached hydrogens (tertiary/aromatic N) is 2. The van der Waals surface area contributed by atoms with Crippen molar-refractivity contribution in [2.24, 2.45) is 0 Å². The van der Waals surface area contributed by atoms with E-state index in [1.807, 2.05) is 0 Å². The van der Waals surface area contributed by atoms with E-state index in [9.17, 15) is 0 Å². The van der Waals surface area contributed by atoms with Gasteiger partial charge in [-0.15, -0.1) is 0 Å². The van der Waals surface area contributed by atoms with Gasteiger partial charge in [-0.25, -0.2) is 0 Å². The van der Waals surface area contributed by atoms with E-state index in [4.69, 9.17) is 0 Å². The van der Waals surface area contributed by atoms with Gasteiger partial charge in [-0.2, -0.15) is 5.10 Å². The Bertz CT molecular complexity index is 299. The first kappa shape index (κ1) is 9.71. The minimum atomic E-state index is 0.814. The average molecular weight is 193 g/mol. The van der Waals surface area contributed by atoms with Crippen LogP contribution >= 0.6 is 0 Å². The summed E-state index contributed by atoms with van der Waals surface area (Å²) in [4.78, 5) is 0. The molecule has 0 aromatic carbocycles. The summed E-state index contributed by atoms with van der Waals surface area (Å²) in [6.45, 7) is 6.27. The van der Waals surface area contributed by atoms with Crippen molar-refractivity contribution in [3.8, 4) is 0 Å². The molecular formula is C11H19N3. The van der Waals surface area contributed by atoms with E-state index in [-0.39, 0.29) is 0 Å². The van der Waals surface area contributed by atoms with E-state index < -0.39 is 0 Å². The number of aryl methyl sites for hydroxylation is 2. The highest BCUT2D eigenvalue weighted by Gasteiger charge is 2.19. The lowest BCUT2D eigenvalue weighted by atomic mass is 10.3. The maximum atomic E-state index is 4.43. The summed E-state index contributed by atoms with van der Waals surface area (Å²) >= 11 is 0. The molecule has 1 aliphatic carbocycles. The van der Waals surface area contributed by atoms with Crippen molar-refractivity contribution in [1.82, 2.24) is 15.1 Å². The van der Waals surface area contributed by atoms with Crippen LogP contribution in [-0.2, 0) is 13.0 Å². The van der Waals surface area contributed by atoms with Gasteiger partial charge in [0.2, 0.25) is 0 Å². The van der Waals surface area contributed by atoms with Gasteiger partial charge >= 0.3 is 0 Å². The molecule has 0 unspecified atom stereocenters. The van der Waals surface area contributed by atoms with Crippen LogP contribution in [0.1, 0.15) is 31.2 Å². The molecule has 14 heavy (non-hydrogen) atoms. The monoisotopic (exact) mass is 193 g/mol. The maximum Gasteiger partial charge on any atom is 0.0596 e. The van der Waals surface area contributed by atoms with Gasteiger partial charge in [-0.1, -0.05) is 0 Å². The lowest BCUT2D eigenvalue weighted by Gasteiger charge is -2.04. The molecule has 0 atom stereocenters. The van der Waals surface area contributed by atoms with Crippen molar-refractivity contribution in [2.75, 3.05) is 6.54 Å². The molecule has 0 bridgehead atoms. The molecule has 1 saturated carbocycles. The average Bonchev–Trinajstić information content (AvgIpc) is 2.90. The summed E-state index contributed by atoms with van der Waals surface area (Å²) in [5, 5.41) is 7.96. The molecular weight excluding hydrogens is 174 g/mol. The summed E-state index contributed by atoms with van der Waals surface area (Å²) < 4.78 is 2.10. The van der Waals surface area contributed by atoms with Crippen LogP contribution in [0, 0.1) is 6.92 Å². The molecule has 1 aliphatic rings. The largest absolute Gasteiger partial charge is 0.314 e. The quantitative estimate of drug-likeness (QED) is 0.768. The Morgan fingerprint density at radius 1 is 1.57 bits per heavy atom. The Morgan fingerprint density at radius 2 is 2.36 bits per heavy atom. The number of nitrogens with one attached hydrogen (secondary N) is 1. The second kappa shape index (κ2) is 4.13. The van der Waals surface area contributed by atoms with Crippen LogP contribution in [-0.4, -0.2) is 22.4 Å². The van der Waals surface area contributed by atoms with Gasteiger partial charge in [-0.05, 0) is 32.8 Å².